The molecule has 0 fully saturated rings. The van der Waals surface area contributed by atoms with Crippen molar-refractivity contribution in [3.63, 3.8) is 0 Å². The molecule has 0 radical (unpaired) electrons. The van der Waals surface area contributed by atoms with Crippen molar-refractivity contribution in [2.24, 2.45) is 16.1 Å². The maximum Gasteiger partial charge on any atom is 0.0491 e. The molecule has 0 spiro atoms. The van der Waals surface area contributed by atoms with E-state index >= 15 is 0 Å². The van der Waals surface area contributed by atoms with E-state index in [-0.39, 0.29) is 0 Å². The third-order valence-electron chi connectivity index (χ3n) is 1.62. The summed E-state index contributed by atoms with van der Waals surface area (Å²) in [6.07, 6.45) is 4.20. The van der Waals surface area contributed by atoms with E-state index in [9.17, 15) is 0 Å². The first-order valence-electron chi connectivity index (χ1n) is 4.20. The fraction of sp³-hybridized carbons (Fsp3) is 0.778. The van der Waals surface area contributed by atoms with Gasteiger partial charge in [0, 0.05) is 13.2 Å². The van der Waals surface area contributed by atoms with E-state index in [0.717, 1.165) is 6.42 Å². The number of nitrogens with zero attached hydrogens (tertiary/aromatic N) is 2. The van der Waals surface area contributed by atoms with Crippen LogP contribution in [0.4, 0.5) is 0 Å². The van der Waals surface area contributed by atoms with Crippen LogP contribution >= 0.6 is 0 Å². The van der Waals surface area contributed by atoms with Crippen molar-refractivity contribution in [3.8, 4) is 0 Å². The van der Waals surface area contributed by atoms with Gasteiger partial charge >= 0.3 is 0 Å². The molecule has 64 valence electrons. The third kappa shape index (κ3) is 4.71. The zero-order valence-corrected chi connectivity index (χ0v) is 7.96. The molecule has 2 heteroatoms. The van der Waals surface area contributed by atoms with Crippen LogP contribution in [0.1, 0.15) is 33.6 Å². The number of allylic oxidation sites excluding steroid dienone is 1. The van der Waals surface area contributed by atoms with Gasteiger partial charge in [-0.05, 0) is 17.9 Å². The second-order valence-corrected chi connectivity index (χ2v) is 2.92. The number of rotatable bonds is 4. The Labute approximate surface area is 69.4 Å². The topological polar surface area (TPSA) is 24.7 Å². The summed E-state index contributed by atoms with van der Waals surface area (Å²) in [4.78, 5) is 0. The van der Waals surface area contributed by atoms with Crippen molar-refractivity contribution in [1.82, 2.24) is 0 Å². The van der Waals surface area contributed by atoms with Gasteiger partial charge in [-0.3, -0.25) is 0 Å². The van der Waals surface area contributed by atoms with Crippen LogP contribution in [0.2, 0.25) is 0 Å². The molecule has 0 bridgehead atoms. The van der Waals surface area contributed by atoms with E-state index in [0.29, 0.717) is 5.92 Å². The highest BCUT2D eigenvalue weighted by Gasteiger charge is 2.00. The molecule has 0 saturated heterocycles. The SMILES string of the molecule is CCC/C(=C\N=NC)C(C)C. The first kappa shape index (κ1) is 10.3. The Kier molecular flexibility index (Phi) is 5.71. The first-order chi connectivity index (χ1) is 5.22. The van der Waals surface area contributed by atoms with Gasteiger partial charge < -0.3 is 0 Å². The number of hydrogen-bond acceptors (Lipinski definition) is 2. The summed E-state index contributed by atoms with van der Waals surface area (Å²) in [5, 5.41) is 7.56. The Bertz CT molecular complexity index is 146. The highest BCUT2D eigenvalue weighted by Crippen LogP contribution is 2.15. The molecule has 0 aliphatic carbocycles. The Morgan fingerprint density at radius 3 is 2.45 bits per heavy atom. The first-order valence-corrected chi connectivity index (χ1v) is 4.20. The molecule has 0 aromatic carbocycles. The molecule has 0 aromatic heterocycles. The minimum atomic E-state index is 0.598. The van der Waals surface area contributed by atoms with Crippen LogP contribution < -0.4 is 0 Å². The predicted molar refractivity (Wildman–Crippen MR) is 48.6 cm³/mol. The van der Waals surface area contributed by atoms with Gasteiger partial charge in [-0.2, -0.15) is 10.2 Å². The molecule has 0 unspecified atom stereocenters. The lowest BCUT2D eigenvalue weighted by Crippen LogP contribution is -1.92. The molecule has 0 atom stereocenters. The highest BCUT2D eigenvalue weighted by molar-refractivity contribution is 5.02. The van der Waals surface area contributed by atoms with Crippen LogP contribution in [0.3, 0.4) is 0 Å². The lowest BCUT2D eigenvalue weighted by Gasteiger charge is -2.07. The number of hydrogen-bond donors (Lipinski definition) is 0. The summed E-state index contributed by atoms with van der Waals surface area (Å²) < 4.78 is 0. The largest absolute Gasteiger partial charge is 0.193 e. The van der Waals surface area contributed by atoms with Gasteiger partial charge in [-0.25, -0.2) is 0 Å². The number of azo groups is 1. The Morgan fingerprint density at radius 1 is 1.45 bits per heavy atom. The molecule has 0 heterocycles. The van der Waals surface area contributed by atoms with Gasteiger partial charge in [0.15, 0.2) is 0 Å². The fourth-order valence-corrected chi connectivity index (χ4v) is 0.923. The van der Waals surface area contributed by atoms with E-state index < -0.39 is 0 Å². The highest BCUT2D eigenvalue weighted by atomic mass is 15.1. The summed E-state index contributed by atoms with van der Waals surface area (Å²) in [6, 6.07) is 0. The molecule has 2 nitrogen and oxygen atoms in total. The summed E-state index contributed by atoms with van der Waals surface area (Å²) in [5.74, 6) is 0.598. The fourth-order valence-electron chi connectivity index (χ4n) is 0.923. The average molecular weight is 154 g/mol. The molecule has 0 amide bonds. The van der Waals surface area contributed by atoms with Crippen LogP contribution in [0.25, 0.3) is 0 Å². The smallest absolute Gasteiger partial charge is 0.0491 e. The van der Waals surface area contributed by atoms with Crippen molar-refractivity contribution < 1.29 is 0 Å². The Hall–Kier alpha value is -0.660. The summed E-state index contributed by atoms with van der Waals surface area (Å²) in [7, 11) is 1.69. The van der Waals surface area contributed by atoms with Crippen LogP contribution in [0.5, 0.6) is 0 Å². The Morgan fingerprint density at radius 2 is 2.09 bits per heavy atom. The zero-order valence-electron chi connectivity index (χ0n) is 7.96. The van der Waals surface area contributed by atoms with Gasteiger partial charge in [0.1, 0.15) is 0 Å². The van der Waals surface area contributed by atoms with Crippen LogP contribution in [-0.4, -0.2) is 7.05 Å². The van der Waals surface area contributed by atoms with Crippen molar-refractivity contribution >= 4 is 0 Å². The van der Waals surface area contributed by atoms with E-state index in [4.69, 9.17) is 0 Å². The van der Waals surface area contributed by atoms with Gasteiger partial charge in [0.25, 0.3) is 0 Å². The minimum absolute atomic E-state index is 0.598. The van der Waals surface area contributed by atoms with Crippen LogP contribution in [0, 0.1) is 5.92 Å². The van der Waals surface area contributed by atoms with E-state index in [2.05, 4.69) is 31.0 Å². The van der Waals surface area contributed by atoms with E-state index in [1.807, 2.05) is 6.20 Å². The Balaban J connectivity index is 4.08. The van der Waals surface area contributed by atoms with Crippen LogP contribution in [-0.2, 0) is 0 Å². The minimum Gasteiger partial charge on any atom is -0.193 e. The van der Waals surface area contributed by atoms with Gasteiger partial charge in [-0.15, -0.1) is 0 Å². The molecular formula is C9H18N2. The summed E-state index contributed by atoms with van der Waals surface area (Å²) in [5.41, 5.74) is 1.39. The molecular weight excluding hydrogens is 136 g/mol. The predicted octanol–water partition coefficient (Wildman–Crippen LogP) is 3.41. The maximum atomic E-state index is 3.87. The lowest BCUT2D eigenvalue weighted by atomic mass is 10.0. The average Bonchev–Trinajstić information content (AvgIpc) is 1.97. The van der Waals surface area contributed by atoms with E-state index in [1.165, 1.54) is 12.0 Å². The van der Waals surface area contributed by atoms with Crippen molar-refractivity contribution in [2.45, 2.75) is 33.6 Å². The van der Waals surface area contributed by atoms with Gasteiger partial charge in [0.2, 0.25) is 0 Å². The second-order valence-electron chi connectivity index (χ2n) is 2.92. The molecule has 0 aliphatic heterocycles. The quantitative estimate of drug-likeness (QED) is 0.554. The normalized spacial score (nSPS) is 13.4. The van der Waals surface area contributed by atoms with Crippen LogP contribution in [0.15, 0.2) is 22.0 Å². The molecule has 0 saturated carbocycles. The van der Waals surface area contributed by atoms with Gasteiger partial charge in [0.05, 0.1) is 0 Å². The molecule has 0 aliphatic rings. The second kappa shape index (κ2) is 6.08. The van der Waals surface area contributed by atoms with Gasteiger partial charge in [-0.1, -0.05) is 27.2 Å². The van der Waals surface area contributed by atoms with Crippen molar-refractivity contribution in [1.29, 1.82) is 0 Å². The zero-order chi connectivity index (χ0) is 8.69. The summed E-state index contributed by atoms with van der Waals surface area (Å²) in [6.45, 7) is 6.55. The molecule has 0 rings (SSSR count). The van der Waals surface area contributed by atoms with Crippen molar-refractivity contribution in [3.05, 3.63) is 11.8 Å². The molecule has 0 aromatic rings. The summed E-state index contributed by atoms with van der Waals surface area (Å²) >= 11 is 0. The molecule has 11 heavy (non-hydrogen) atoms. The maximum absolute atomic E-state index is 3.87. The van der Waals surface area contributed by atoms with Crippen molar-refractivity contribution in [2.75, 3.05) is 7.05 Å². The third-order valence-corrected chi connectivity index (χ3v) is 1.62. The molecule has 0 N–H and O–H groups in total. The lowest BCUT2D eigenvalue weighted by molar-refractivity contribution is 0.697. The van der Waals surface area contributed by atoms with E-state index in [1.54, 1.807) is 7.05 Å². The standard InChI is InChI=1S/C9H18N2/c1-5-6-9(8(2)3)7-11-10-4/h7-8H,5-6H2,1-4H3/b9-7+,11-10?. The monoisotopic (exact) mass is 154 g/mol.